The Labute approximate surface area is 183 Å². The van der Waals surface area contributed by atoms with Gasteiger partial charge in [0.1, 0.15) is 11.3 Å². The monoisotopic (exact) mass is 443 g/mol. The molecule has 3 N–H and O–H groups in total. The number of aliphatic carboxylic acids is 1. The second-order valence-corrected chi connectivity index (χ2v) is 7.76. The number of phenolic OH excluding ortho intramolecular Hbond substituents is 1. The van der Waals surface area contributed by atoms with Crippen LogP contribution in [0.15, 0.2) is 51.7 Å². The van der Waals surface area contributed by atoms with Gasteiger partial charge in [0.05, 0.1) is 6.42 Å². The molecule has 1 unspecified atom stereocenters. The van der Waals surface area contributed by atoms with Gasteiger partial charge in [0.2, 0.25) is 5.91 Å². The zero-order valence-electron chi connectivity index (χ0n) is 16.9. The van der Waals surface area contributed by atoms with E-state index in [4.69, 9.17) is 16.0 Å². The SMILES string of the molecule is Cc1c(CCC(=O)NCC(CC(=O)O)c2ccc(Cl)cc2)c(=O)oc2cc(O)ccc12. The van der Waals surface area contributed by atoms with Crippen LogP contribution in [0.3, 0.4) is 0 Å². The lowest BCUT2D eigenvalue weighted by Gasteiger charge is -2.16. The second kappa shape index (κ2) is 9.66. The number of phenols is 1. The van der Waals surface area contributed by atoms with Crippen LogP contribution < -0.4 is 10.9 Å². The highest BCUT2D eigenvalue weighted by molar-refractivity contribution is 6.30. The molecule has 0 saturated heterocycles. The zero-order chi connectivity index (χ0) is 22.5. The summed E-state index contributed by atoms with van der Waals surface area (Å²) in [7, 11) is 0. The molecule has 7 nitrogen and oxygen atoms in total. The minimum absolute atomic E-state index is 0.00113. The molecule has 2 aromatic carbocycles. The predicted octanol–water partition coefficient (Wildman–Crippen LogP) is 3.77. The Kier molecular flexibility index (Phi) is 6.97. The van der Waals surface area contributed by atoms with Crippen molar-refractivity contribution in [1.82, 2.24) is 5.32 Å². The largest absolute Gasteiger partial charge is 0.508 e. The molecule has 1 heterocycles. The highest BCUT2D eigenvalue weighted by Crippen LogP contribution is 2.24. The van der Waals surface area contributed by atoms with Gasteiger partial charge in [0.25, 0.3) is 0 Å². The van der Waals surface area contributed by atoms with Crippen LogP contribution in [-0.4, -0.2) is 28.6 Å². The lowest BCUT2D eigenvalue weighted by Crippen LogP contribution is -2.30. The van der Waals surface area contributed by atoms with Crippen molar-refractivity contribution in [2.75, 3.05) is 6.54 Å². The van der Waals surface area contributed by atoms with E-state index in [0.717, 1.165) is 5.56 Å². The number of carboxylic acids is 1. The summed E-state index contributed by atoms with van der Waals surface area (Å²) in [5.74, 6) is -1.67. The van der Waals surface area contributed by atoms with Crippen molar-refractivity contribution in [1.29, 1.82) is 0 Å². The van der Waals surface area contributed by atoms with Gasteiger partial charge < -0.3 is 19.9 Å². The molecule has 0 bridgehead atoms. The number of aromatic hydroxyl groups is 1. The summed E-state index contributed by atoms with van der Waals surface area (Å²) in [6, 6.07) is 11.4. The summed E-state index contributed by atoms with van der Waals surface area (Å²) < 4.78 is 5.27. The average Bonchev–Trinajstić information content (AvgIpc) is 2.71. The molecule has 0 aliphatic carbocycles. The van der Waals surface area contributed by atoms with Crippen molar-refractivity contribution in [3.63, 3.8) is 0 Å². The molecular weight excluding hydrogens is 422 g/mol. The number of rotatable bonds is 8. The van der Waals surface area contributed by atoms with Gasteiger partial charge in [-0.15, -0.1) is 0 Å². The third-order valence-corrected chi connectivity index (χ3v) is 5.43. The Balaban J connectivity index is 1.66. The number of carbonyl (C=O) groups is 2. The van der Waals surface area contributed by atoms with Crippen molar-refractivity contribution in [2.45, 2.75) is 32.1 Å². The first-order valence-corrected chi connectivity index (χ1v) is 10.1. The lowest BCUT2D eigenvalue weighted by atomic mass is 9.95. The van der Waals surface area contributed by atoms with Crippen LogP contribution in [-0.2, 0) is 16.0 Å². The third-order valence-electron chi connectivity index (χ3n) is 5.18. The second-order valence-electron chi connectivity index (χ2n) is 7.32. The number of fused-ring (bicyclic) bond motifs is 1. The number of aryl methyl sites for hydroxylation is 1. The van der Waals surface area contributed by atoms with E-state index in [2.05, 4.69) is 5.32 Å². The summed E-state index contributed by atoms with van der Waals surface area (Å²) in [6.07, 6.45) is 0.0963. The van der Waals surface area contributed by atoms with E-state index >= 15 is 0 Å². The Morgan fingerprint density at radius 3 is 2.55 bits per heavy atom. The summed E-state index contributed by atoms with van der Waals surface area (Å²) >= 11 is 5.89. The quantitative estimate of drug-likeness (QED) is 0.456. The van der Waals surface area contributed by atoms with Gasteiger partial charge in [-0.1, -0.05) is 23.7 Å². The van der Waals surface area contributed by atoms with Crippen molar-refractivity contribution in [2.24, 2.45) is 0 Å². The van der Waals surface area contributed by atoms with E-state index in [-0.39, 0.29) is 43.0 Å². The van der Waals surface area contributed by atoms with E-state index < -0.39 is 17.5 Å². The Morgan fingerprint density at radius 1 is 1.16 bits per heavy atom. The maximum atomic E-state index is 12.4. The molecular formula is C23H22ClNO6. The van der Waals surface area contributed by atoms with Gasteiger partial charge in [-0.05, 0) is 48.7 Å². The molecule has 0 aliphatic rings. The van der Waals surface area contributed by atoms with Crippen LogP contribution in [0.1, 0.15) is 35.4 Å². The van der Waals surface area contributed by atoms with Gasteiger partial charge in [-0.25, -0.2) is 4.79 Å². The molecule has 1 aromatic heterocycles. The number of amides is 1. The fourth-order valence-corrected chi connectivity index (χ4v) is 3.62. The number of benzene rings is 2. The summed E-state index contributed by atoms with van der Waals surface area (Å²) in [5.41, 5.74) is 1.60. The van der Waals surface area contributed by atoms with Crippen LogP contribution in [0.4, 0.5) is 0 Å². The van der Waals surface area contributed by atoms with Crippen LogP contribution in [0.5, 0.6) is 5.75 Å². The number of hydrogen-bond acceptors (Lipinski definition) is 5. The van der Waals surface area contributed by atoms with Crippen molar-refractivity contribution in [3.05, 3.63) is 74.6 Å². The number of nitrogens with one attached hydrogen (secondary N) is 1. The average molecular weight is 444 g/mol. The highest BCUT2D eigenvalue weighted by Gasteiger charge is 2.18. The predicted molar refractivity (Wildman–Crippen MR) is 117 cm³/mol. The van der Waals surface area contributed by atoms with Gasteiger partial charge in [-0.2, -0.15) is 0 Å². The molecule has 3 aromatic rings. The number of carboxylic acid groups (broad SMARTS) is 1. The summed E-state index contributed by atoms with van der Waals surface area (Å²) in [5, 5.41) is 22.7. The van der Waals surface area contributed by atoms with E-state index in [9.17, 15) is 24.6 Å². The van der Waals surface area contributed by atoms with E-state index in [1.807, 2.05) is 0 Å². The highest BCUT2D eigenvalue weighted by atomic mass is 35.5. The first-order chi connectivity index (χ1) is 14.7. The minimum Gasteiger partial charge on any atom is -0.508 e. The molecule has 162 valence electrons. The Bertz CT molecular complexity index is 1170. The first-order valence-electron chi connectivity index (χ1n) is 9.74. The van der Waals surface area contributed by atoms with Crippen LogP contribution in [0.2, 0.25) is 5.02 Å². The maximum Gasteiger partial charge on any atom is 0.339 e. The molecule has 1 amide bonds. The molecule has 0 fully saturated rings. The summed E-state index contributed by atoms with van der Waals surface area (Å²) in [4.78, 5) is 35.9. The molecule has 0 saturated carbocycles. The lowest BCUT2D eigenvalue weighted by molar-refractivity contribution is -0.137. The molecule has 8 heteroatoms. The molecule has 31 heavy (non-hydrogen) atoms. The fourth-order valence-electron chi connectivity index (χ4n) is 3.49. The number of hydrogen-bond donors (Lipinski definition) is 3. The number of halogens is 1. The van der Waals surface area contributed by atoms with Crippen molar-refractivity contribution >= 4 is 34.4 Å². The Hall–Kier alpha value is -3.32. The van der Waals surface area contributed by atoms with E-state index in [0.29, 0.717) is 21.5 Å². The normalized spacial score (nSPS) is 11.9. The Morgan fingerprint density at radius 2 is 1.87 bits per heavy atom. The first kappa shape index (κ1) is 22.4. The maximum absolute atomic E-state index is 12.4. The third kappa shape index (κ3) is 5.64. The number of carbonyl (C=O) groups excluding carboxylic acids is 1. The van der Waals surface area contributed by atoms with E-state index in [1.165, 1.54) is 12.1 Å². The molecule has 0 radical (unpaired) electrons. The van der Waals surface area contributed by atoms with Gasteiger partial charge in [-0.3, -0.25) is 9.59 Å². The zero-order valence-corrected chi connectivity index (χ0v) is 17.6. The molecule has 1 atom stereocenters. The summed E-state index contributed by atoms with van der Waals surface area (Å²) in [6.45, 7) is 1.92. The van der Waals surface area contributed by atoms with Gasteiger partial charge >= 0.3 is 11.6 Å². The smallest absolute Gasteiger partial charge is 0.339 e. The van der Waals surface area contributed by atoms with Gasteiger partial charge in [0.15, 0.2) is 0 Å². The topological polar surface area (TPSA) is 117 Å². The molecule has 0 aliphatic heterocycles. The van der Waals surface area contributed by atoms with Gasteiger partial charge in [0, 0.05) is 40.9 Å². The van der Waals surface area contributed by atoms with Crippen LogP contribution in [0.25, 0.3) is 11.0 Å². The molecule has 3 rings (SSSR count). The van der Waals surface area contributed by atoms with Crippen molar-refractivity contribution in [3.8, 4) is 5.75 Å². The van der Waals surface area contributed by atoms with Crippen LogP contribution in [0, 0.1) is 6.92 Å². The fraction of sp³-hybridized carbons (Fsp3) is 0.261. The standard InChI is InChI=1S/C23H22ClNO6/c1-13-18-7-6-17(26)11-20(18)31-23(30)19(13)8-9-21(27)25-12-15(10-22(28)29)14-2-4-16(24)5-3-14/h2-7,11,15,26H,8-10,12H2,1H3,(H,25,27)(H,28,29). The van der Waals surface area contributed by atoms with Crippen molar-refractivity contribution < 1.29 is 24.2 Å². The molecule has 0 spiro atoms. The minimum atomic E-state index is -0.968. The van der Waals surface area contributed by atoms with Crippen LogP contribution >= 0.6 is 11.6 Å². The van der Waals surface area contributed by atoms with E-state index in [1.54, 1.807) is 37.3 Å².